The van der Waals surface area contributed by atoms with Crippen molar-refractivity contribution in [3.63, 3.8) is 0 Å². The zero-order chi connectivity index (χ0) is 17.6. The molecule has 0 radical (unpaired) electrons. The van der Waals surface area contributed by atoms with Crippen LogP contribution in [0.5, 0.6) is 0 Å². The van der Waals surface area contributed by atoms with E-state index in [2.05, 4.69) is 25.2 Å². The van der Waals surface area contributed by atoms with Crippen LogP contribution in [-0.2, 0) is 16.0 Å². The molecule has 8 nitrogen and oxygen atoms in total. The molecule has 9 heteroatoms. The molecule has 0 fully saturated rings. The van der Waals surface area contributed by atoms with Gasteiger partial charge < -0.3 is 14.6 Å². The Labute approximate surface area is 146 Å². The van der Waals surface area contributed by atoms with Crippen LogP contribution >= 0.6 is 11.3 Å². The maximum atomic E-state index is 12.1. The lowest BCUT2D eigenvalue weighted by molar-refractivity contribution is -0.116. The predicted octanol–water partition coefficient (Wildman–Crippen LogP) is 2.55. The zero-order valence-electron chi connectivity index (χ0n) is 13.3. The predicted molar refractivity (Wildman–Crippen MR) is 90.1 cm³/mol. The molecular weight excluding hydrogens is 344 g/mol. The fourth-order valence-corrected chi connectivity index (χ4v) is 2.83. The molecule has 0 aliphatic carbocycles. The lowest BCUT2D eigenvalue weighted by Crippen LogP contribution is -2.14. The quantitative estimate of drug-likeness (QED) is 0.675. The van der Waals surface area contributed by atoms with E-state index in [4.69, 9.17) is 4.52 Å². The molecule has 3 heterocycles. The molecule has 0 saturated carbocycles. The number of carbonyl (C=O) groups is 2. The molecule has 0 aliphatic heterocycles. The first-order valence-electron chi connectivity index (χ1n) is 7.36. The lowest BCUT2D eigenvalue weighted by Gasteiger charge is -2.04. The summed E-state index contributed by atoms with van der Waals surface area (Å²) in [5.41, 5.74) is 1.17. The van der Waals surface area contributed by atoms with Gasteiger partial charge in [0.05, 0.1) is 12.8 Å². The normalized spacial score (nSPS) is 10.4. The van der Waals surface area contributed by atoms with Gasteiger partial charge in [0.1, 0.15) is 4.88 Å². The molecule has 3 rings (SSSR count). The van der Waals surface area contributed by atoms with Crippen molar-refractivity contribution in [3.8, 4) is 11.4 Å². The number of nitrogens with one attached hydrogen (secondary N) is 1. The fraction of sp³-hybridized carbons (Fsp3) is 0.188. The van der Waals surface area contributed by atoms with Gasteiger partial charge in [-0.05, 0) is 23.6 Å². The monoisotopic (exact) mass is 358 g/mol. The van der Waals surface area contributed by atoms with Gasteiger partial charge in [-0.15, -0.1) is 11.3 Å². The van der Waals surface area contributed by atoms with E-state index in [1.807, 2.05) is 6.07 Å². The van der Waals surface area contributed by atoms with Gasteiger partial charge in [0.2, 0.25) is 17.6 Å². The van der Waals surface area contributed by atoms with Gasteiger partial charge in [-0.1, -0.05) is 5.16 Å². The maximum Gasteiger partial charge on any atom is 0.350 e. The molecule has 0 bridgehead atoms. The summed E-state index contributed by atoms with van der Waals surface area (Å²) in [6.07, 6.45) is 3.72. The van der Waals surface area contributed by atoms with E-state index in [1.165, 1.54) is 18.4 Å². The smallest absolute Gasteiger partial charge is 0.350 e. The van der Waals surface area contributed by atoms with E-state index in [0.717, 1.165) is 5.56 Å². The van der Waals surface area contributed by atoms with Gasteiger partial charge in [-0.2, -0.15) is 4.98 Å². The van der Waals surface area contributed by atoms with Gasteiger partial charge in [0.15, 0.2) is 0 Å². The summed E-state index contributed by atoms with van der Waals surface area (Å²) in [6, 6.07) is 5.25. The topological polar surface area (TPSA) is 107 Å². The number of esters is 1. The molecule has 0 atom stereocenters. The van der Waals surface area contributed by atoms with E-state index >= 15 is 0 Å². The molecule has 0 aromatic carbocycles. The Morgan fingerprint density at radius 2 is 2.24 bits per heavy atom. The summed E-state index contributed by atoms with van der Waals surface area (Å²) >= 11 is 1.20. The van der Waals surface area contributed by atoms with E-state index in [-0.39, 0.29) is 18.7 Å². The number of methoxy groups -OCH3 is 1. The molecule has 0 unspecified atom stereocenters. The average molecular weight is 358 g/mol. The van der Waals surface area contributed by atoms with Gasteiger partial charge in [-0.3, -0.25) is 9.78 Å². The largest absolute Gasteiger partial charge is 0.465 e. The van der Waals surface area contributed by atoms with Gasteiger partial charge in [-0.25, -0.2) is 4.79 Å². The number of nitrogens with zero attached hydrogens (tertiary/aromatic N) is 3. The Bertz CT molecular complexity index is 875. The molecule has 25 heavy (non-hydrogen) atoms. The van der Waals surface area contributed by atoms with Crippen LogP contribution in [0.2, 0.25) is 0 Å². The van der Waals surface area contributed by atoms with Crippen molar-refractivity contribution in [2.45, 2.75) is 12.8 Å². The highest BCUT2D eigenvalue weighted by Crippen LogP contribution is 2.23. The molecule has 0 spiro atoms. The first-order valence-corrected chi connectivity index (χ1v) is 8.24. The van der Waals surface area contributed by atoms with E-state index in [9.17, 15) is 9.59 Å². The molecule has 3 aromatic heterocycles. The van der Waals surface area contributed by atoms with Crippen molar-refractivity contribution >= 4 is 28.9 Å². The molecule has 1 amide bonds. The summed E-state index contributed by atoms with van der Waals surface area (Å²) in [6.45, 7) is 0. The van der Waals surface area contributed by atoms with Crippen LogP contribution < -0.4 is 5.32 Å². The summed E-state index contributed by atoms with van der Waals surface area (Å²) < 4.78 is 9.82. The van der Waals surface area contributed by atoms with Crippen LogP contribution in [0.4, 0.5) is 5.69 Å². The van der Waals surface area contributed by atoms with Crippen molar-refractivity contribution < 1.29 is 18.8 Å². The summed E-state index contributed by atoms with van der Waals surface area (Å²) in [7, 11) is 1.29. The summed E-state index contributed by atoms with van der Waals surface area (Å²) in [4.78, 5) is 32.2. The van der Waals surface area contributed by atoms with Crippen LogP contribution in [0.25, 0.3) is 11.4 Å². The zero-order valence-corrected chi connectivity index (χ0v) is 14.1. The maximum absolute atomic E-state index is 12.1. The standard InChI is InChI=1S/C16H14N4O4S/c1-23-16(22)14-11(6-8-25-14)18-12(21)4-5-13-19-15(20-24-13)10-3-2-7-17-9-10/h2-3,6-9H,4-5H2,1H3,(H,18,21). The SMILES string of the molecule is COC(=O)c1sccc1NC(=O)CCc1nc(-c2cccnc2)no1. The Kier molecular flexibility index (Phi) is 5.14. The van der Waals surface area contributed by atoms with Crippen molar-refractivity contribution in [1.82, 2.24) is 15.1 Å². The third-order valence-corrected chi connectivity index (χ3v) is 4.16. The number of hydrogen-bond acceptors (Lipinski definition) is 8. The van der Waals surface area contributed by atoms with Crippen LogP contribution in [-0.4, -0.2) is 34.1 Å². The number of aromatic nitrogens is 3. The Balaban J connectivity index is 1.57. The Hall–Kier alpha value is -3.07. The highest BCUT2D eigenvalue weighted by Gasteiger charge is 2.16. The number of rotatable bonds is 6. The molecular formula is C16H14N4O4S. The molecule has 0 saturated heterocycles. The number of amides is 1. The Morgan fingerprint density at radius 3 is 3.00 bits per heavy atom. The molecule has 0 aliphatic rings. The highest BCUT2D eigenvalue weighted by atomic mass is 32.1. The van der Waals surface area contributed by atoms with Crippen molar-refractivity contribution in [2.24, 2.45) is 0 Å². The number of anilines is 1. The van der Waals surface area contributed by atoms with Crippen LogP contribution in [0.3, 0.4) is 0 Å². The van der Waals surface area contributed by atoms with Crippen molar-refractivity contribution in [1.29, 1.82) is 0 Å². The molecule has 3 aromatic rings. The minimum Gasteiger partial charge on any atom is -0.465 e. The van der Waals surface area contributed by atoms with Crippen LogP contribution in [0.15, 0.2) is 40.5 Å². The number of aryl methyl sites for hydroxylation is 1. The fourth-order valence-electron chi connectivity index (χ4n) is 2.06. The summed E-state index contributed by atoms with van der Waals surface area (Å²) in [5.74, 6) is 0.0369. The summed E-state index contributed by atoms with van der Waals surface area (Å²) in [5, 5.41) is 8.26. The number of hydrogen-bond donors (Lipinski definition) is 1. The number of carbonyl (C=O) groups excluding carboxylic acids is 2. The van der Waals surface area contributed by atoms with Gasteiger partial charge in [0, 0.05) is 30.8 Å². The van der Waals surface area contributed by atoms with Gasteiger partial charge in [0.25, 0.3) is 0 Å². The number of thiophene rings is 1. The average Bonchev–Trinajstić information content (AvgIpc) is 3.29. The second-order valence-corrected chi connectivity index (χ2v) is 5.87. The third-order valence-electron chi connectivity index (χ3n) is 3.26. The lowest BCUT2D eigenvalue weighted by atomic mass is 10.2. The molecule has 128 valence electrons. The van der Waals surface area contributed by atoms with Crippen molar-refractivity contribution in [2.75, 3.05) is 12.4 Å². The van der Waals surface area contributed by atoms with E-state index < -0.39 is 5.97 Å². The minimum absolute atomic E-state index is 0.144. The second-order valence-electron chi connectivity index (χ2n) is 4.96. The highest BCUT2D eigenvalue weighted by molar-refractivity contribution is 7.12. The molecule has 1 N–H and O–H groups in total. The first-order chi connectivity index (χ1) is 12.2. The number of pyridine rings is 1. The second kappa shape index (κ2) is 7.67. The third kappa shape index (κ3) is 4.07. The number of ether oxygens (including phenoxy) is 1. The minimum atomic E-state index is -0.483. The Morgan fingerprint density at radius 1 is 1.36 bits per heavy atom. The van der Waals surface area contributed by atoms with Crippen LogP contribution in [0.1, 0.15) is 22.0 Å². The van der Waals surface area contributed by atoms with Crippen molar-refractivity contribution in [3.05, 3.63) is 46.7 Å². The van der Waals surface area contributed by atoms with Gasteiger partial charge >= 0.3 is 5.97 Å². The van der Waals surface area contributed by atoms with Crippen LogP contribution in [0, 0.1) is 0 Å². The van der Waals surface area contributed by atoms with E-state index in [0.29, 0.717) is 22.3 Å². The van der Waals surface area contributed by atoms with E-state index in [1.54, 1.807) is 29.9 Å². The first kappa shape index (κ1) is 16.8.